The second-order valence-electron chi connectivity index (χ2n) is 4.32. The van der Waals surface area contributed by atoms with Crippen molar-refractivity contribution in [2.75, 3.05) is 6.61 Å². The van der Waals surface area contributed by atoms with Gasteiger partial charge in [0.1, 0.15) is 12.7 Å². The Balaban J connectivity index is 2.00. The summed E-state index contributed by atoms with van der Waals surface area (Å²) in [4.78, 5) is 35.2. The predicted octanol–water partition coefficient (Wildman–Crippen LogP) is -0.395. The summed E-state index contributed by atoms with van der Waals surface area (Å²) >= 11 is 0. The van der Waals surface area contributed by atoms with E-state index in [1.165, 1.54) is 0 Å². The zero-order valence-corrected chi connectivity index (χ0v) is 9.75. The van der Waals surface area contributed by atoms with Gasteiger partial charge in [0.05, 0.1) is 0 Å². The van der Waals surface area contributed by atoms with Crippen LogP contribution in [0.15, 0.2) is 21.9 Å². The predicted molar refractivity (Wildman–Crippen MR) is 56.4 cm³/mol. The molecule has 0 radical (unpaired) electrons. The number of nitrogens with one attached hydrogen (secondary N) is 1. The Morgan fingerprint density at radius 1 is 1.35 bits per heavy atom. The number of H-pyrrole nitrogens is 1. The number of halogens is 2. The molecule has 3 heterocycles. The van der Waals surface area contributed by atoms with Gasteiger partial charge in [-0.05, 0) is 0 Å². The lowest BCUT2D eigenvalue weighted by Crippen LogP contribution is -2.47. The van der Waals surface area contributed by atoms with Crippen molar-refractivity contribution in [3.8, 4) is 0 Å². The highest BCUT2D eigenvalue weighted by atomic mass is 19.3. The highest BCUT2D eigenvalue weighted by molar-refractivity contribution is 5.61. The third-order valence-electron chi connectivity index (χ3n) is 3.04. The summed E-state index contributed by atoms with van der Waals surface area (Å²) in [5.74, 6) is -3.63. The van der Waals surface area contributed by atoms with E-state index in [-0.39, 0.29) is 0 Å². The van der Waals surface area contributed by atoms with Gasteiger partial charge >= 0.3 is 17.8 Å². The molecule has 0 amide bonds. The molecule has 0 aliphatic carbocycles. The van der Waals surface area contributed by atoms with Gasteiger partial charge in [0.15, 0.2) is 0 Å². The molecule has 2 aliphatic heterocycles. The van der Waals surface area contributed by atoms with Gasteiger partial charge in [-0.1, -0.05) is 0 Å². The lowest BCUT2D eigenvalue weighted by molar-refractivity contribution is -0.147. The molecule has 2 fully saturated rings. The standard InChI is InChI=1S/C10H8F2N2O6/c11-10(12)6-4(3-18-9(17)20-6)19-7(10)14-2-1-5(15)13-8(14)16/h1-2,4,6-7H,3H2,(H,13,15,16)/t4-,6-,7-/m1/s1. The highest BCUT2D eigenvalue weighted by Gasteiger charge is 2.64. The Hall–Kier alpha value is -2.23. The summed E-state index contributed by atoms with van der Waals surface area (Å²) in [5, 5.41) is 0. The van der Waals surface area contributed by atoms with Crippen molar-refractivity contribution in [2.24, 2.45) is 0 Å². The van der Waals surface area contributed by atoms with E-state index in [4.69, 9.17) is 4.74 Å². The van der Waals surface area contributed by atoms with E-state index in [1.54, 1.807) is 0 Å². The van der Waals surface area contributed by atoms with Gasteiger partial charge in [-0.15, -0.1) is 0 Å². The number of nitrogens with zero attached hydrogens (tertiary/aromatic N) is 1. The van der Waals surface area contributed by atoms with Gasteiger partial charge in [0, 0.05) is 12.3 Å². The van der Waals surface area contributed by atoms with Crippen LogP contribution < -0.4 is 11.2 Å². The maximum Gasteiger partial charge on any atom is 0.508 e. The van der Waals surface area contributed by atoms with Crippen LogP contribution in [0.2, 0.25) is 0 Å². The number of fused-ring (bicyclic) bond motifs is 1. The minimum Gasteiger partial charge on any atom is -0.431 e. The molecule has 108 valence electrons. The first-order valence-electron chi connectivity index (χ1n) is 5.58. The van der Waals surface area contributed by atoms with Crippen LogP contribution in [-0.2, 0) is 14.2 Å². The third kappa shape index (κ3) is 1.80. The fourth-order valence-corrected chi connectivity index (χ4v) is 2.15. The van der Waals surface area contributed by atoms with Crippen LogP contribution in [0.25, 0.3) is 0 Å². The normalized spacial score (nSPS) is 31.3. The summed E-state index contributed by atoms with van der Waals surface area (Å²) < 4.78 is 42.8. The second kappa shape index (κ2) is 4.13. The minimum absolute atomic E-state index is 0.395. The van der Waals surface area contributed by atoms with E-state index >= 15 is 0 Å². The van der Waals surface area contributed by atoms with Crippen molar-refractivity contribution >= 4 is 6.16 Å². The van der Waals surface area contributed by atoms with Crippen LogP contribution in [0.1, 0.15) is 6.23 Å². The third-order valence-corrected chi connectivity index (χ3v) is 3.04. The van der Waals surface area contributed by atoms with Crippen molar-refractivity contribution < 1.29 is 27.8 Å². The monoisotopic (exact) mass is 290 g/mol. The topological polar surface area (TPSA) is 99.6 Å². The Labute approximate surface area is 108 Å². The molecule has 0 bridgehead atoms. The molecule has 0 spiro atoms. The van der Waals surface area contributed by atoms with Crippen molar-refractivity contribution in [1.29, 1.82) is 0 Å². The molecule has 0 saturated carbocycles. The molecule has 20 heavy (non-hydrogen) atoms. The Kier molecular flexibility index (Phi) is 2.64. The van der Waals surface area contributed by atoms with Gasteiger partial charge in [0.2, 0.25) is 12.3 Å². The molecule has 8 nitrogen and oxygen atoms in total. The number of alkyl halides is 2. The molecule has 1 aromatic heterocycles. The van der Waals surface area contributed by atoms with Gasteiger partial charge in [-0.3, -0.25) is 14.3 Å². The van der Waals surface area contributed by atoms with E-state index in [2.05, 4.69) is 9.47 Å². The number of hydrogen-bond donors (Lipinski definition) is 1. The minimum atomic E-state index is -3.63. The fraction of sp³-hybridized carbons (Fsp3) is 0.500. The summed E-state index contributed by atoms with van der Waals surface area (Å²) in [6, 6.07) is 0.908. The van der Waals surface area contributed by atoms with Crippen LogP contribution in [0, 0.1) is 0 Å². The molecule has 3 rings (SSSR count). The van der Waals surface area contributed by atoms with Crippen molar-refractivity contribution in [3.05, 3.63) is 33.1 Å². The smallest absolute Gasteiger partial charge is 0.431 e. The van der Waals surface area contributed by atoms with E-state index in [0.717, 1.165) is 12.3 Å². The van der Waals surface area contributed by atoms with Crippen LogP contribution in [0.5, 0.6) is 0 Å². The first-order chi connectivity index (χ1) is 9.39. The SMILES string of the molecule is O=C1OC[C@H]2O[C@@H](n3ccc(=O)[nH]c3=O)C(F)(F)[C@@H]2O1. The Morgan fingerprint density at radius 2 is 2.10 bits per heavy atom. The van der Waals surface area contributed by atoms with Gasteiger partial charge in [0.25, 0.3) is 5.56 Å². The molecule has 0 aromatic carbocycles. The number of carbonyl (C=O) groups excluding carboxylic acids is 1. The van der Waals surface area contributed by atoms with Crippen molar-refractivity contribution in [2.45, 2.75) is 24.4 Å². The number of aromatic nitrogens is 2. The Bertz CT molecular complexity index is 668. The molecule has 2 saturated heterocycles. The molecule has 10 heteroatoms. The maximum absolute atomic E-state index is 14.2. The summed E-state index contributed by atoms with van der Waals surface area (Å²) in [6.45, 7) is -0.395. The van der Waals surface area contributed by atoms with E-state index in [1.807, 2.05) is 4.98 Å². The van der Waals surface area contributed by atoms with Gasteiger partial charge in [-0.25, -0.2) is 9.59 Å². The lowest BCUT2D eigenvalue weighted by atomic mass is 10.1. The van der Waals surface area contributed by atoms with Crippen LogP contribution >= 0.6 is 0 Å². The van der Waals surface area contributed by atoms with Crippen LogP contribution in [0.3, 0.4) is 0 Å². The summed E-state index contributed by atoms with van der Waals surface area (Å²) in [6.07, 6.45) is -5.35. The van der Waals surface area contributed by atoms with E-state index in [9.17, 15) is 23.2 Å². The molecular formula is C10H8F2N2O6. The molecule has 2 aliphatic rings. The first kappa shape index (κ1) is 12.8. The number of aromatic amines is 1. The van der Waals surface area contributed by atoms with Crippen LogP contribution in [0.4, 0.5) is 13.6 Å². The Morgan fingerprint density at radius 3 is 2.80 bits per heavy atom. The van der Waals surface area contributed by atoms with Gasteiger partial charge in [-0.2, -0.15) is 8.78 Å². The average molecular weight is 290 g/mol. The van der Waals surface area contributed by atoms with Gasteiger partial charge < -0.3 is 14.2 Å². The number of hydrogen-bond acceptors (Lipinski definition) is 6. The second-order valence-corrected chi connectivity index (χ2v) is 4.32. The highest BCUT2D eigenvalue weighted by Crippen LogP contribution is 2.45. The molecule has 1 aromatic rings. The average Bonchev–Trinajstić information content (AvgIpc) is 2.62. The maximum atomic E-state index is 14.2. The number of cyclic esters (lactones) is 1. The largest absolute Gasteiger partial charge is 0.508 e. The number of carbonyl (C=O) groups is 1. The lowest BCUT2D eigenvalue weighted by Gasteiger charge is -2.26. The molecular weight excluding hydrogens is 282 g/mol. The first-order valence-corrected chi connectivity index (χ1v) is 5.58. The van der Waals surface area contributed by atoms with Crippen LogP contribution in [-0.4, -0.2) is 40.4 Å². The zero-order valence-electron chi connectivity index (χ0n) is 9.75. The molecule has 3 atom stereocenters. The summed E-state index contributed by atoms with van der Waals surface area (Å²) in [5.41, 5.74) is -1.77. The van der Waals surface area contributed by atoms with Crippen molar-refractivity contribution in [1.82, 2.24) is 9.55 Å². The quantitative estimate of drug-likeness (QED) is 0.707. The van der Waals surface area contributed by atoms with E-state index in [0.29, 0.717) is 4.57 Å². The molecule has 1 N–H and O–H groups in total. The summed E-state index contributed by atoms with van der Waals surface area (Å²) in [7, 11) is 0. The van der Waals surface area contributed by atoms with Crippen molar-refractivity contribution in [3.63, 3.8) is 0 Å². The molecule has 0 unspecified atom stereocenters. The zero-order chi connectivity index (χ0) is 14.5. The number of rotatable bonds is 1. The fourth-order valence-electron chi connectivity index (χ4n) is 2.15. The van der Waals surface area contributed by atoms with E-state index < -0.39 is 48.4 Å². The number of ether oxygens (including phenoxy) is 3.